The van der Waals surface area contributed by atoms with Gasteiger partial charge in [0.1, 0.15) is 0 Å². The zero-order valence-corrected chi connectivity index (χ0v) is 13.2. The monoisotopic (exact) mass is 320 g/mol. The van der Waals surface area contributed by atoms with E-state index in [9.17, 15) is 0 Å². The number of benzene rings is 1. The van der Waals surface area contributed by atoms with Crippen molar-refractivity contribution < 1.29 is 0 Å². The third kappa shape index (κ3) is 4.20. The summed E-state index contributed by atoms with van der Waals surface area (Å²) in [6.07, 6.45) is 6.35. The highest BCUT2D eigenvalue weighted by molar-refractivity contribution is 9.09. The smallest absolute Gasteiger partial charge is 0.0521 e. The molecule has 1 unspecified atom stereocenters. The van der Waals surface area contributed by atoms with Crippen LogP contribution in [0.25, 0.3) is 0 Å². The van der Waals surface area contributed by atoms with Crippen LogP contribution in [-0.2, 0) is 19.4 Å². The number of rotatable bonds is 6. The molecule has 1 atom stereocenters. The first-order valence-corrected chi connectivity index (χ1v) is 7.96. The largest absolute Gasteiger partial charge is 0.273 e. The molecule has 2 aromatic rings. The molecule has 2 nitrogen and oxygen atoms in total. The number of hydrogen-bond acceptors (Lipinski definition) is 1. The second-order valence-corrected chi connectivity index (χ2v) is 5.77. The van der Waals surface area contributed by atoms with Gasteiger partial charge in [-0.15, -0.1) is 0 Å². The van der Waals surface area contributed by atoms with E-state index in [-0.39, 0.29) is 0 Å². The lowest BCUT2D eigenvalue weighted by Crippen LogP contribution is -2.09. The highest BCUT2D eigenvalue weighted by Gasteiger charge is 2.10. The Morgan fingerprint density at radius 2 is 1.84 bits per heavy atom. The van der Waals surface area contributed by atoms with Crippen molar-refractivity contribution in [3.05, 3.63) is 53.3 Å². The Hall–Kier alpha value is -1.09. The van der Waals surface area contributed by atoms with Crippen LogP contribution in [0.4, 0.5) is 0 Å². The van der Waals surface area contributed by atoms with E-state index < -0.39 is 0 Å². The molecule has 0 N–H and O–H groups in total. The minimum Gasteiger partial charge on any atom is -0.273 e. The summed E-state index contributed by atoms with van der Waals surface area (Å²) in [7, 11) is 0. The molecule has 0 fully saturated rings. The third-order valence-corrected chi connectivity index (χ3v) is 4.31. The number of alkyl halides is 1. The summed E-state index contributed by atoms with van der Waals surface area (Å²) in [6, 6.07) is 8.85. The lowest BCUT2D eigenvalue weighted by Gasteiger charge is -2.13. The second kappa shape index (κ2) is 6.90. The lowest BCUT2D eigenvalue weighted by molar-refractivity contribution is 0.589. The summed E-state index contributed by atoms with van der Waals surface area (Å²) in [5, 5.41) is 5.37. The van der Waals surface area contributed by atoms with Gasteiger partial charge in [0.2, 0.25) is 0 Å². The highest BCUT2D eigenvalue weighted by atomic mass is 79.9. The Morgan fingerprint density at radius 3 is 2.42 bits per heavy atom. The summed E-state index contributed by atoms with van der Waals surface area (Å²) >= 11 is 3.64. The van der Waals surface area contributed by atoms with Crippen molar-refractivity contribution in [2.75, 3.05) is 5.33 Å². The van der Waals surface area contributed by atoms with Gasteiger partial charge in [-0.3, -0.25) is 4.68 Å². The summed E-state index contributed by atoms with van der Waals surface area (Å²) in [5.74, 6) is 0.622. The number of aromatic nitrogens is 2. The van der Waals surface area contributed by atoms with Gasteiger partial charge in [-0.1, -0.05) is 45.8 Å². The first kappa shape index (κ1) is 14.3. The summed E-state index contributed by atoms with van der Waals surface area (Å²) < 4.78 is 1.99. The van der Waals surface area contributed by atoms with Gasteiger partial charge in [-0.25, -0.2) is 0 Å². The van der Waals surface area contributed by atoms with Crippen LogP contribution in [0.3, 0.4) is 0 Å². The molecular weight excluding hydrogens is 300 g/mol. The van der Waals surface area contributed by atoms with Gasteiger partial charge in [0.25, 0.3) is 0 Å². The Kier molecular flexibility index (Phi) is 5.20. The molecule has 1 heterocycles. The minimum atomic E-state index is 0.622. The Morgan fingerprint density at radius 1 is 1.16 bits per heavy atom. The number of halogens is 1. The molecule has 19 heavy (non-hydrogen) atoms. The number of aryl methyl sites for hydroxylation is 2. The molecule has 1 aromatic carbocycles. The average Bonchev–Trinajstić information content (AvgIpc) is 2.88. The van der Waals surface area contributed by atoms with Gasteiger partial charge >= 0.3 is 0 Å². The van der Waals surface area contributed by atoms with Crippen molar-refractivity contribution in [2.24, 2.45) is 5.92 Å². The van der Waals surface area contributed by atoms with Crippen molar-refractivity contribution >= 4 is 15.9 Å². The van der Waals surface area contributed by atoms with E-state index in [0.29, 0.717) is 5.92 Å². The zero-order chi connectivity index (χ0) is 13.7. The van der Waals surface area contributed by atoms with E-state index in [1.165, 1.54) is 16.7 Å². The zero-order valence-electron chi connectivity index (χ0n) is 11.6. The van der Waals surface area contributed by atoms with E-state index in [1.54, 1.807) is 0 Å². The van der Waals surface area contributed by atoms with Crippen LogP contribution >= 0.6 is 15.9 Å². The molecular formula is C16H21BrN2. The van der Waals surface area contributed by atoms with E-state index in [1.807, 2.05) is 10.9 Å². The molecule has 0 radical (unpaired) electrons. The van der Waals surface area contributed by atoms with Crippen molar-refractivity contribution in [1.29, 1.82) is 0 Å². The van der Waals surface area contributed by atoms with Gasteiger partial charge in [0, 0.05) is 18.1 Å². The van der Waals surface area contributed by atoms with Gasteiger partial charge < -0.3 is 0 Å². The molecule has 3 heteroatoms. The second-order valence-electron chi connectivity index (χ2n) is 5.12. The van der Waals surface area contributed by atoms with E-state index in [2.05, 4.69) is 65.3 Å². The minimum absolute atomic E-state index is 0.622. The normalized spacial score (nSPS) is 12.6. The molecule has 2 rings (SSSR count). The lowest BCUT2D eigenvalue weighted by atomic mass is 9.95. The SMILES string of the molecule is CCn1cc(CC(CBr)Cc2ccc(C)cc2)cn1. The standard InChI is InChI=1S/C16H21BrN2/c1-3-19-12-16(11-18-19)9-15(10-17)8-14-6-4-13(2)5-7-14/h4-7,11-12,15H,3,8-10H2,1-2H3. The van der Waals surface area contributed by atoms with E-state index >= 15 is 0 Å². The van der Waals surface area contributed by atoms with Crippen LogP contribution in [0.1, 0.15) is 23.6 Å². The van der Waals surface area contributed by atoms with Crippen LogP contribution in [-0.4, -0.2) is 15.1 Å². The predicted molar refractivity (Wildman–Crippen MR) is 83.8 cm³/mol. The summed E-state index contributed by atoms with van der Waals surface area (Å²) in [4.78, 5) is 0. The third-order valence-electron chi connectivity index (χ3n) is 3.40. The van der Waals surface area contributed by atoms with Gasteiger partial charge in [0.15, 0.2) is 0 Å². The van der Waals surface area contributed by atoms with Crippen molar-refractivity contribution in [1.82, 2.24) is 9.78 Å². The summed E-state index contributed by atoms with van der Waals surface area (Å²) in [5.41, 5.74) is 4.07. The van der Waals surface area contributed by atoms with E-state index in [0.717, 1.165) is 24.7 Å². The van der Waals surface area contributed by atoms with Crippen molar-refractivity contribution in [3.8, 4) is 0 Å². The Bertz CT molecular complexity index is 502. The van der Waals surface area contributed by atoms with Crippen LogP contribution in [0.5, 0.6) is 0 Å². The average molecular weight is 321 g/mol. The molecule has 0 spiro atoms. The fraction of sp³-hybridized carbons (Fsp3) is 0.438. The highest BCUT2D eigenvalue weighted by Crippen LogP contribution is 2.17. The first-order chi connectivity index (χ1) is 9.21. The van der Waals surface area contributed by atoms with Crippen LogP contribution in [0, 0.1) is 12.8 Å². The number of hydrogen-bond donors (Lipinski definition) is 0. The summed E-state index contributed by atoms with van der Waals surface area (Å²) in [6.45, 7) is 5.19. The van der Waals surface area contributed by atoms with Gasteiger partial charge in [-0.2, -0.15) is 5.10 Å². The molecule has 0 aliphatic heterocycles. The maximum absolute atomic E-state index is 4.34. The van der Waals surface area contributed by atoms with Crippen molar-refractivity contribution in [2.45, 2.75) is 33.2 Å². The molecule has 1 aromatic heterocycles. The van der Waals surface area contributed by atoms with Gasteiger partial charge in [-0.05, 0) is 43.7 Å². The maximum atomic E-state index is 4.34. The Labute approximate surface area is 124 Å². The molecule has 0 amide bonds. The topological polar surface area (TPSA) is 17.8 Å². The van der Waals surface area contributed by atoms with Gasteiger partial charge in [0.05, 0.1) is 6.20 Å². The van der Waals surface area contributed by atoms with Crippen LogP contribution < -0.4 is 0 Å². The molecule has 0 bridgehead atoms. The molecule has 0 saturated heterocycles. The first-order valence-electron chi connectivity index (χ1n) is 6.84. The van der Waals surface area contributed by atoms with Crippen molar-refractivity contribution in [3.63, 3.8) is 0 Å². The number of nitrogens with zero attached hydrogens (tertiary/aromatic N) is 2. The molecule has 0 saturated carbocycles. The van der Waals surface area contributed by atoms with E-state index in [4.69, 9.17) is 0 Å². The van der Waals surface area contributed by atoms with Crippen LogP contribution in [0.2, 0.25) is 0 Å². The van der Waals surface area contributed by atoms with Crippen LogP contribution in [0.15, 0.2) is 36.7 Å². The molecule has 0 aliphatic rings. The fourth-order valence-electron chi connectivity index (χ4n) is 2.26. The quantitative estimate of drug-likeness (QED) is 0.735. The predicted octanol–water partition coefficient (Wildman–Crippen LogP) is 4.01. The fourth-order valence-corrected chi connectivity index (χ4v) is 2.71. The Balaban J connectivity index is 1.98. The molecule has 0 aliphatic carbocycles. The maximum Gasteiger partial charge on any atom is 0.0521 e. The molecule has 102 valence electrons.